The van der Waals surface area contributed by atoms with E-state index in [1.165, 1.54) is 10.6 Å². The minimum atomic E-state index is -0.227. The molecule has 1 aromatic carbocycles. The fourth-order valence-corrected chi connectivity index (χ4v) is 2.11. The second-order valence-electron chi connectivity index (χ2n) is 3.81. The first-order chi connectivity index (χ1) is 8.00. The molecule has 2 nitrogen and oxygen atoms in total. The van der Waals surface area contributed by atoms with Crippen molar-refractivity contribution in [1.29, 1.82) is 0 Å². The standard InChI is InChI=1S/C13H10Cl2NO.Y/c1-8-7-9(14)3-4-10(8)12-6-5-11(15)13(17)16(12)2;/h3-5,7H,1-2H3;/q-1;. The van der Waals surface area contributed by atoms with E-state index in [0.29, 0.717) is 10.7 Å². The van der Waals surface area contributed by atoms with Crippen LogP contribution in [0.25, 0.3) is 11.3 Å². The Balaban J connectivity index is 0.00000162. The Morgan fingerprint density at radius 2 is 1.94 bits per heavy atom. The number of aromatic nitrogens is 1. The van der Waals surface area contributed by atoms with E-state index >= 15 is 0 Å². The number of aryl methyl sites for hydroxylation is 1. The van der Waals surface area contributed by atoms with Crippen LogP contribution in [-0.4, -0.2) is 4.57 Å². The van der Waals surface area contributed by atoms with Crippen LogP contribution in [0, 0.1) is 13.0 Å². The van der Waals surface area contributed by atoms with Crippen LogP contribution in [-0.2, 0) is 39.8 Å². The molecule has 0 saturated carbocycles. The van der Waals surface area contributed by atoms with Gasteiger partial charge in [-0.1, -0.05) is 47.5 Å². The molecule has 2 aromatic rings. The van der Waals surface area contributed by atoms with Gasteiger partial charge in [-0.2, -0.15) is 23.7 Å². The number of halogens is 2. The van der Waals surface area contributed by atoms with E-state index in [-0.39, 0.29) is 43.3 Å². The van der Waals surface area contributed by atoms with Crippen LogP contribution in [0.5, 0.6) is 0 Å². The van der Waals surface area contributed by atoms with E-state index in [4.69, 9.17) is 23.2 Å². The number of benzene rings is 1. The topological polar surface area (TPSA) is 22.0 Å². The van der Waals surface area contributed by atoms with Crippen LogP contribution >= 0.6 is 23.2 Å². The molecule has 2 rings (SSSR count). The molecule has 0 atom stereocenters. The van der Waals surface area contributed by atoms with Gasteiger partial charge in [0.25, 0.3) is 0 Å². The Morgan fingerprint density at radius 1 is 1.28 bits per heavy atom. The zero-order chi connectivity index (χ0) is 12.6. The molecule has 91 valence electrons. The number of hydrogen-bond acceptors (Lipinski definition) is 1. The van der Waals surface area contributed by atoms with Crippen molar-refractivity contribution in [1.82, 2.24) is 4.57 Å². The molecule has 1 heterocycles. The van der Waals surface area contributed by atoms with Gasteiger partial charge < -0.3 is 4.57 Å². The summed E-state index contributed by atoms with van der Waals surface area (Å²) in [5.41, 5.74) is 2.39. The van der Waals surface area contributed by atoms with Gasteiger partial charge in [0.05, 0.1) is 0 Å². The second kappa shape index (κ2) is 6.34. The number of hydrogen-bond donors (Lipinski definition) is 0. The first-order valence-electron chi connectivity index (χ1n) is 5.04. The number of nitrogens with zero attached hydrogens (tertiary/aromatic N) is 1. The van der Waals surface area contributed by atoms with Crippen LogP contribution in [0.1, 0.15) is 5.56 Å². The summed E-state index contributed by atoms with van der Waals surface area (Å²) < 4.78 is 1.48. The largest absolute Gasteiger partial charge is 0.344 e. The van der Waals surface area contributed by atoms with Gasteiger partial charge in [0, 0.05) is 49.8 Å². The van der Waals surface area contributed by atoms with Crippen molar-refractivity contribution in [3.05, 3.63) is 56.3 Å². The minimum Gasteiger partial charge on any atom is -0.344 e. The van der Waals surface area contributed by atoms with Crippen LogP contribution in [0.4, 0.5) is 0 Å². The quantitative estimate of drug-likeness (QED) is 0.718. The number of pyridine rings is 1. The third kappa shape index (κ3) is 3.05. The van der Waals surface area contributed by atoms with E-state index in [0.717, 1.165) is 11.1 Å². The van der Waals surface area contributed by atoms with Crippen LogP contribution in [0.2, 0.25) is 10.0 Å². The van der Waals surface area contributed by atoms with Crippen molar-refractivity contribution in [2.45, 2.75) is 6.92 Å². The van der Waals surface area contributed by atoms with Crippen molar-refractivity contribution in [2.75, 3.05) is 0 Å². The van der Waals surface area contributed by atoms with Gasteiger partial charge >= 0.3 is 0 Å². The van der Waals surface area contributed by atoms with Gasteiger partial charge in [0.2, 0.25) is 5.56 Å². The fraction of sp³-hybridized carbons (Fsp3) is 0.154. The maximum Gasteiger partial charge on any atom is 0.212 e. The smallest absolute Gasteiger partial charge is 0.212 e. The van der Waals surface area contributed by atoms with E-state index < -0.39 is 0 Å². The van der Waals surface area contributed by atoms with Crippen LogP contribution in [0.15, 0.2) is 29.1 Å². The first kappa shape index (κ1) is 15.9. The van der Waals surface area contributed by atoms with Crippen molar-refractivity contribution < 1.29 is 32.7 Å². The summed E-state index contributed by atoms with van der Waals surface area (Å²) >= 11 is 11.7. The van der Waals surface area contributed by atoms with Gasteiger partial charge in [-0.3, -0.25) is 4.79 Å². The van der Waals surface area contributed by atoms with Crippen molar-refractivity contribution in [3.63, 3.8) is 0 Å². The molecule has 1 aromatic heterocycles. The maximum atomic E-state index is 11.7. The molecular formula is C13H10Cl2NOY-. The maximum absolute atomic E-state index is 11.7. The Hall–Kier alpha value is -0.146. The van der Waals surface area contributed by atoms with Crippen molar-refractivity contribution in [3.8, 4) is 11.3 Å². The Morgan fingerprint density at radius 3 is 2.56 bits per heavy atom. The Kier molecular flexibility index (Phi) is 5.60. The van der Waals surface area contributed by atoms with Crippen LogP contribution < -0.4 is 5.56 Å². The molecule has 0 aliphatic heterocycles. The predicted octanol–water partition coefficient (Wildman–Crippen LogP) is 3.47. The third-order valence-corrected chi connectivity index (χ3v) is 3.13. The SMILES string of the molecule is Cc1cc(Cl)ccc1-c1[c-]cc(Cl)c(=O)n1C.[Y]. The second-order valence-corrected chi connectivity index (χ2v) is 4.65. The van der Waals surface area contributed by atoms with E-state index in [1.807, 2.05) is 19.1 Å². The third-order valence-electron chi connectivity index (χ3n) is 2.62. The average molecular weight is 356 g/mol. The Labute approximate surface area is 141 Å². The van der Waals surface area contributed by atoms with E-state index in [9.17, 15) is 4.79 Å². The molecule has 1 radical (unpaired) electrons. The molecule has 5 heteroatoms. The fourth-order valence-electron chi connectivity index (χ4n) is 1.70. The monoisotopic (exact) mass is 355 g/mol. The number of rotatable bonds is 1. The summed E-state index contributed by atoms with van der Waals surface area (Å²) in [6.07, 6.45) is 0. The molecule has 0 fully saturated rings. The van der Waals surface area contributed by atoms with Gasteiger partial charge in [-0.05, 0) is 0 Å². The zero-order valence-corrected chi connectivity index (χ0v) is 14.3. The summed E-state index contributed by atoms with van der Waals surface area (Å²) in [5, 5.41) is 0.841. The molecular weight excluding hydrogens is 346 g/mol. The molecule has 0 aliphatic carbocycles. The molecule has 0 bridgehead atoms. The normalized spacial score (nSPS) is 10.0. The van der Waals surface area contributed by atoms with Crippen molar-refractivity contribution >= 4 is 23.2 Å². The van der Waals surface area contributed by atoms with Crippen molar-refractivity contribution in [2.24, 2.45) is 7.05 Å². The zero-order valence-electron chi connectivity index (χ0n) is 10.00. The molecule has 0 amide bonds. The predicted molar refractivity (Wildman–Crippen MR) is 70.7 cm³/mol. The molecule has 0 unspecified atom stereocenters. The molecule has 18 heavy (non-hydrogen) atoms. The van der Waals surface area contributed by atoms with E-state index in [1.54, 1.807) is 13.1 Å². The molecule has 0 spiro atoms. The van der Waals surface area contributed by atoms with Gasteiger partial charge in [0.1, 0.15) is 0 Å². The summed E-state index contributed by atoms with van der Waals surface area (Å²) in [6.45, 7) is 1.94. The summed E-state index contributed by atoms with van der Waals surface area (Å²) in [7, 11) is 1.67. The minimum absolute atomic E-state index is 0. The van der Waals surface area contributed by atoms with Gasteiger partial charge in [-0.25, -0.2) is 0 Å². The first-order valence-corrected chi connectivity index (χ1v) is 5.80. The summed E-state index contributed by atoms with van der Waals surface area (Å²) in [5.74, 6) is 0. The summed E-state index contributed by atoms with van der Waals surface area (Å²) in [6, 6.07) is 10.0. The van der Waals surface area contributed by atoms with E-state index in [2.05, 4.69) is 6.07 Å². The van der Waals surface area contributed by atoms with Gasteiger partial charge in [-0.15, -0.1) is 6.07 Å². The average Bonchev–Trinajstić information content (AvgIpc) is 2.28. The van der Waals surface area contributed by atoms with Crippen LogP contribution in [0.3, 0.4) is 0 Å². The summed E-state index contributed by atoms with van der Waals surface area (Å²) in [4.78, 5) is 11.7. The van der Waals surface area contributed by atoms with Gasteiger partial charge in [0.15, 0.2) is 0 Å². The Bertz CT molecular complexity index is 637. The molecule has 0 saturated heterocycles. The molecule has 0 N–H and O–H groups in total. The molecule has 0 aliphatic rings.